The largest absolute Gasteiger partial charge is 0.466 e. The number of hydrogen-bond donors (Lipinski definition) is 0. The average molecular weight is 498 g/mol. The molecule has 0 atom stereocenters. The minimum atomic E-state index is -4.52. The number of methoxy groups -OCH3 is 1. The van der Waals surface area contributed by atoms with E-state index < -0.39 is 11.7 Å². The summed E-state index contributed by atoms with van der Waals surface area (Å²) in [4.78, 5) is 0. The summed E-state index contributed by atoms with van der Waals surface area (Å²) in [5.41, 5.74) is 0.0573. The van der Waals surface area contributed by atoms with Gasteiger partial charge in [0.1, 0.15) is 5.75 Å². The van der Waals surface area contributed by atoms with Crippen LogP contribution in [0.5, 0.6) is 5.75 Å². The van der Waals surface area contributed by atoms with Crippen molar-refractivity contribution in [1.82, 2.24) is 10.2 Å². The highest BCUT2D eigenvalue weighted by Crippen LogP contribution is 2.37. The van der Waals surface area contributed by atoms with Crippen molar-refractivity contribution in [2.45, 2.75) is 25.4 Å². The van der Waals surface area contributed by atoms with Crippen molar-refractivity contribution in [3.8, 4) is 17.6 Å². The van der Waals surface area contributed by atoms with Crippen LogP contribution in [0.2, 0.25) is 10.3 Å². The summed E-state index contributed by atoms with van der Waals surface area (Å²) >= 11 is 15.0. The van der Waals surface area contributed by atoms with Gasteiger partial charge in [0.15, 0.2) is 17.1 Å². The molecule has 0 spiro atoms. The van der Waals surface area contributed by atoms with E-state index in [-0.39, 0.29) is 28.4 Å². The number of hydrogen-bond acceptors (Lipinski definition) is 4. The van der Waals surface area contributed by atoms with Gasteiger partial charge >= 0.3 is 6.18 Å². The molecule has 4 nitrogen and oxygen atoms in total. The Morgan fingerprint density at radius 1 is 1.18 bits per heavy atom. The molecular formula is C18H14BrCl2F3N2O2. The van der Waals surface area contributed by atoms with Gasteiger partial charge in [-0.15, -0.1) is 10.2 Å². The van der Waals surface area contributed by atoms with Crippen LogP contribution >= 0.6 is 39.1 Å². The number of ether oxygens (including phenoxy) is 2. The van der Waals surface area contributed by atoms with Crippen molar-refractivity contribution < 1.29 is 22.6 Å². The van der Waals surface area contributed by atoms with Gasteiger partial charge in [-0.05, 0) is 52.5 Å². The SMILES string of the molecule is COCOc1cc(C(F)(F)F)cc(C#CCCCc2cc(Cl)nnc2Cl)c1Br. The Morgan fingerprint density at radius 2 is 1.93 bits per heavy atom. The zero-order valence-electron chi connectivity index (χ0n) is 14.5. The Kier molecular flexibility index (Phi) is 8.38. The van der Waals surface area contributed by atoms with Crippen LogP contribution in [-0.4, -0.2) is 24.1 Å². The van der Waals surface area contributed by atoms with E-state index in [9.17, 15) is 13.2 Å². The molecule has 0 fully saturated rings. The molecule has 1 heterocycles. The lowest BCUT2D eigenvalue weighted by atomic mass is 10.1. The van der Waals surface area contributed by atoms with Gasteiger partial charge in [0.2, 0.25) is 0 Å². The normalized spacial score (nSPS) is 11.1. The first kappa shape index (κ1) is 22.8. The quantitative estimate of drug-likeness (QED) is 0.282. The highest BCUT2D eigenvalue weighted by molar-refractivity contribution is 9.10. The van der Waals surface area contributed by atoms with E-state index in [0.29, 0.717) is 23.7 Å². The molecule has 2 rings (SSSR count). The second kappa shape index (κ2) is 10.3. The highest BCUT2D eigenvalue weighted by Gasteiger charge is 2.32. The lowest BCUT2D eigenvalue weighted by Crippen LogP contribution is -2.08. The third-order valence-electron chi connectivity index (χ3n) is 3.46. The highest BCUT2D eigenvalue weighted by atomic mass is 79.9. The van der Waals surface area contributed by atoms with Gasteiger partial charge in [0.25, 0.3) is 0 Å². The first-order chi connectivity index (χ1) is 13.2. The number of alkyl halides is 3. The molecule has 10 heteroatoms. The van der Waals surface area contributed by atoms with Crippen LogP contribution in [-0.2, 0) is 17.3 Å². The third kappa shape index (κ3) is 6.52. The fourth-order valence-corrected chi connectivity index (χ4v) is 2.97. The number of aryl methyl sites for hydroxylation is 1. The molecule has 0 bridgehead atoms. The number of aromatic nitrogens is 2. The van der Waals surface area contributed by atoms with Gasteiger partial charge in [-0.2, -0.15) is 13.2 Å². The van der Waals surface area contributed by atoms with Crippen molar-refractivity contribution >= 4 is 39.1 Å². The van der Waals surface area contributed by atoms with Crippen LogP contribution in [0.3, 0.4) is 0 Å². The standard InChI is InChI=1S/C18H14BrCl2F3N2O2/c1-27-10-28-14-9-13(18(22,23)24)7-11(16(14)19)5-3-2-4-6-12-8-15(20)25-26-17(12)21/h7-9H,2,4,6,10H2,1H3. The van der Waals surface area contributed by atoms with Crippen LogP contribution in [0.25, 0.3) is 0 Å². The lowest BCUT2D eigenvalue weighted by molar-refractivity contribution is -0.137. The fourth-order valence-electron chi connectivity index (χ4n) is 2.17. The lowest BCUT2D eigenvalue weighted by Gasteiger charge is -2.13. The van der Waals surface area contributed by atoms with Gasteiger partial charge < -0.3 is 9.47 Å². The van der Waals surface area contributed by atoms with Gasteiger partial charge in [-0.25, -0.2) is 0 Å². The van der Waals surface area contributed by atoms with E-state index >= 15 is 0 Å². The molecule has 0 radical (unpaired) electrons. The minimum Gasteiger partial charge on any atom is -0.466 e. The van der Waals surface area contributed by atoms with E-state index in [0.717, 1.165) is 17.7 Å². The molecule has 28 heavy (non-hydrogen) atoms. The van der Waals surface area contributed by atoms with Crippen molar-refractivity contribution in [2.24, 2.45) is 0 Å². The maximum atomic E-state index is 13.1. The molecule has 0 amide bonds. The van der Waals surface area contributed by atoms with Crippen molar-refractivity contribution in [2.75, 3.05) is 13.9 Å². The molecule has 0 aliphatic heterocycles. The van der Waals surface area contributed by atoms with E-state index in [4.69, 9.17) is 32.7 Å². The molecule has 0 aliphatic rings. The van der Waals surface area contributed by atoms with Crippen LogP contribution < -0.4 is 4.74 Å². The number of rotatable bonds is 6. The molecule has 1 aromatic heterocycles. The van der Waals surface area contributed by atoms with E-state index in [1.807, 2.05) is 0 Å². The molecule has 1 aromatic carbocycles. The van der Waals surface area contributed by atoms with Crippen LogP contribution in [0.4, 0.5) is 13.2 Å². The zero-order valence-corrected chi connectivity index (χ0v) is 17.6. The fraction of sp³-hybridized carbons (Fsp3) is 0.333. The Labute approximate surface area is 178 Å². The second-order valence-corrected chi connectivity index (χ2v) is 7.06. The monoisotopic (exact) mass is 496 g/mol. The maximum absolute atomic E-state index is 13.1. The number of nitrogens with zero attached hydrogens (tertiary/aromatic N) is 2. The molecular weight excluding hydrogens is 484 g/mol. The molecule has 0 aliphatic carbocycles. The van der Waals surface area contributed by atoms with Crippen molar-refractivity contribution in [3.63, 3.8) is 0 Å². The number of halogens is 6. The molecule has 0 saturated heterocycles. The molecule has 2 aromatic rings. The Bertz CT molecular complexity index is 899. The van der Waals surface area contributed by atoms with Gasteiger partial charge in [-0.1, -0.05) is 35.0 Å². The zero-order chi connectivity index (χ0) is 20.7. The summed E-state index contributed by atoms with van der Waals surface area (Å²) in [5.74, 6) is 5.62. The smallest absolute Gasteiger partial charge is 0.416 e. The summed E-state index contributed by atoms with van der Waals surface area (Å²) in [6.07, 6.45) is -2.90. The van der Waals surface area contributed by atoms with Crippen LogP contribution in [0.1, 0.15) is 29.5 Å². The first-order valence-corrected chi connectivity index (χ1v) is 9.46. The topological polar surface area (TPSA) is 44.2 Å². The summed E-state index contributed by atoms with van der Waals surface area (Å²) in [6.45, 7) is -0.184. The van der Waals surface area contributed by atoms with Gasteiger partial charge in [-0.3, -0.25) is 0 Å². The van der Waals surface area contributed by atoms with E-state index in [2.05, 4.69) is 38.0 Å². The summed E-state index contributed by atoms with van der Waals surface area (Å²) < 4.78 is 49.6. The number of unbranched alkanes of at least 4 members (excludes halogenated alkanes) is 1. The third-order valence-corrected chi connectivity index (χ3v) is 4.78. The van der Waals surface area contributed by atoms with Crippen LogP contribution in [0, 0.1) is 11.8 Å². The molecule has 0 unspecified atom stereocenters. The van der Waals surface area contributed by atoms with Crippen molar-refractivity contribution in [3.05, 3.63) is 49.7 Å². The number of benzene rings is 1. The Hall–Kier alpha value is -1.53. The van der Waals surface area contributed by atoms with Gasteiger partial charge in [0, 0.05) is 19.1 Å². The van der Waals surface area contributed by atoms with Crippen LogP contribution in [0.15, 0.2) is 22.7 Å². The predicted molar refractivity (Wildman–Crippen MR) is 104 cm³/mol. The van der Waals surface area contributed by atoms with E-state index in [1.54, 1.807) is 6.07 Å². The Morgan fingerprint density at radius 3 is 2.61 bits per heavy atom. The average Bonchev–Trinajstić information content (AvgIpc) is 2.63. The molecule has 0 N–H and O–H groups in total. The summed E-state index contributed by atoms with van der Waals surface area (Å²) in [7, 11) is 1.37. The Balaban J connectivity index is 2.13. The molecule has 0 saturated carbocycles. The maximum Gasteiger partial charge on any atom is 0.416 e. The van der Waals surface area contributed by atoms with Gasteiger partial charge in [0.05, 0.1) is 10.0 Å². The first-order valence-electron chi connectivity index (χ1n) is 7.91. The van der Waals surface area contributed by atoms with Crippen molar-refractivity contribution in [1.29, 1.82) is 0 Å². The minimum absolute atomic E-state index is 0.00487. The summed E-state index contributed by atoms with van der Waals surface area (Å²) in [5, 5.41) is 7.84. The van der Waals surface area contributed by atoms with E-state index in [1.165, 1.54) is 7.11 Å². The predicted octanol–water partition coefficient (Wildman–Crippen LogP) is 5.92. The second-order valence-electron chi connectivity index (χ2n) is 5.52. The molecule has 150 valence electrons. The summed E-state index contributed by atoms with van der Waals surface area (Å²) in [6, 6.07) is 3.49.